The Morgan fingerprint density at radius 3 is 2.32 bits per heavy atom. The number of nitrogens with two attached hydrogens (primary N) is 1. The second-order valence-electron chi connectivity index (χ2n) is 4.98. The second kappa shape index (κ2) is 5.72. The molecular weight excluding hydrogens is 261 g/mol. The standard InChI is InChI=1S/C16H17ClFN/c1-10-5-11(2)7-12(6-10)8-16(19)13-3-4-15(18)14(17)9-13/h3-7,9,16H,8,19H2,1-2H3. The van der Waals surface area contributed by atoms with E-state index < -0.39 is 5.82 Å². The molecule has 0 aliphatic heterocycles. The highest BCUT2D eigenvalue weighted by atomic mass is 35.5. The van der Waals surface area contributed by atoms with Crippen molar-refractivity contribution < 1.29 is 4.39 Å². The van der Waals surface area contributed by atoms with Crippen LogP contribution in [0.4, 0.5) is 4.39 Å². The van der Waals surface area contributed by atoms with Gasteiger partial charge >= 0.3 is 0 Å². The Morgan fingerprint density at radius 1 is 1.11 bits per heavy atom. The third kappa shape index (κ3) is 3.55. The molecule has 0 bridgehead atoms. The summed E-state index contributed by atoms with van der Waals surface area (Å²) in [5, 5.41) is 0.119. The Bertz CT molecular complexity index is 575. The number of aryl methyl sites for hydroxylation is 2. The van der Waals surface area contributed by atoms with E-state index in [9.17, 15) is 4.39 Å². The molecule has 0 heterocycles. The molecule has 2 N–H and O–H groups in total. The van der Waals surface area contributed by atoms with Crippen LogP contribution in [0.5, 0.6) is 0 Å². The molecule has 19 heavy (non-hydrogen) atoms. The average molecular weight is 278 g/mol. The van der Waals surface area contributed by atoms with E-state index in [-0.39, 0.29) is 11.1 Å². The smallest absolute Gasteiger partial charge is 0.141 e. The molecule has 2 rings (SSSR count). The highest BCUT2D eigenvalue weighted by molar-refractivity contribution is 6.30. The zero-order chi connectivity index (χ0) is 14.0. The molecule has 0 spiro atoms. The van der Waals surface area contributed by atoms with E-state index >= 15 is 0 Å². The van der Waals surface area contributed by atoms with Crippen LogP contribution in [0.25, 0.3) is 0 Å². The van der Waals surface area contributed by atoms with E-state index in [4.69, 9.17) is 17.3 Å². The molecule has 0 aromatic heterocycles. The third-order valence-corrected chi connectivity index (χ3v) is 3.40. The van der Waals surface area contributed by atoms with Gasteiger partial charge in [-0.1, -0.05) is 47.0 Å². The quantitative estimate of drug-likeness (QED) is 0.887. The first-order valence-corrected chi connectivity index (χ1v) is 6.61. The van der Waals surface area contributed by atoms with E-state index in [0.29, 0.717) is 6.42 Å². The second-order valence-corrected chi connectivity index (χ2v) is 5.39. The fraction of sp³-hybridized carbons (Fsp3) is 0.250. The Kier molecular flexibility index (Phi) is 4.23. The fourth-order valence-corrected chi connectivity index (χ4v) is 2.49. The summed E-state index contributed by atoms with van der Waals surface area (Å²) in [4.78, 5) is 0. The van der Waals surface area contributed by atoms with Gasteiger partial charge < -0.3 is 5.73 Å². The van der Waals surface area contributed by atoms with Gasteiger partial charge in [-0.2, -0.15) is 0 Å². The first-order chi connectivity index (χ1) is 8.95. The minimum Gasteiger partial charge on any atom is -0.324 e. The van der Waals surface area contributed by atoms with Crippen LogP contribution in [0.2, 0.25) is 5.02 Å². The summed E-state index contributed by atoms with van der Waals surface area (Å²) in [6.07, 6.45) is 0.713. The van der Waals surface area contributed by atoms with Gasteiger partial charge in [0.2, 0.25) is 0 Å². The molecule has 0 amide bonds. The van der Waals surface area contributed by atoms with Crippen molar-refractivity contribution in [1.29, 1.82) is 0 Å². The summed E-state index contributed by atoms with van der Waals surface area (Å²) in [5.41, 5.74) is 10.6. The van der Waals surface area contributed by atoms with Gasteiger partial charge in [0, 0.05) is 6.04 Å². The summed E-state index contributed by atoms with van der Waals surface area (Å²) in [7, 11) is 0. The predicted molar refractivity (Wildman–Crippen MR) is 78.0 cm³/mol. The fourth-order valence-electron chi connectivity index (χ4n) is 2.30. The maximum Gasteiger partial charge on any atom is 0.141 e. The van der Waals surface area contributed by atoms with Gasteiger partial charge in [0.1, 0.15) is 5.82 Å². The lowest BCUT2D eigenvalue weighted by atomic mass is 9.97. The van der Waals surface area contributed by atoms with Crippen molar-refractivity contribution in [1.82, 2.24) is 0 Å². The Hall–Kier alpha value is -1.38. The van der Waals surface area contributed by atoms with Crippen LogP contribution in [0.3, 0.4) is 0 Å². The molecule has 3 heteroatoms. The SMILES string of the molecule is Cc1cc(C)cc(CC(N)c2ccc(F)c(Cl)c2)c1. The van der Waals surface area contributed by atoms with Crippen LogP contribution in [-0.4, -0.2) is 0 Å². The molecule has 0 saturated heterocycles. The number of hydrogen-bond donors (Lipinski definition) is 1. The molecule has 0 aliphatic carbocycles. The monoisotopic (exact) mass is 277 g/mol. The molecular formula is C16H17ClFN. The van der Waals surface area contributed by atoms with E-state index in [0.717, 1.165) is 5.56 Å². The van der Waals surface area contributed by atoms with Crippen LogP contribution < -0.4 is 5.73 Å². The molecule has 0 saturated carbocycles. The molecule has 1 nitrogen and oxygen atoms in total. The van der Waals surface area contributed by atoms with Crippen LogP contribution in [0.1, 0.15) is 28.3 Å². The third-order valence-electron chi connectivity index (χ3n) is 3.11. The van der Waals surface area contributed by atoms with Crippen molar-refractivity contribution in [3.05, 3.63) is 69.5 Å². The molecule has 2 aromatic rings. The van der Waals surface area contributed by atoms with Gasteiger partial charge in [0.15, 0.2) is 0 Å². The van der Waals surface area contributed by atoms with Crippen LogP contribution >= 0.6 is 11.6 Å². The summed E-state index contributed by atoms with van der Waals surface area (Å²) in [6, 6.07) is 10.8. The van der Waals surface area contributed by atoms with Crippen LogP contribution in [-0.2, 0) is 6.42 Å². The summed E-state index contributed by atoms with van der Waals surface area (Å²) in [6.45, 7) is 4.13. The van der Waals surface area contributed by atoms with E-state index in [1.165, 1.54) is 22.8 Å². The van der Waals surface area contributed by atoms with Gasteiger partial charge in [-0.25, -0.2) is 4.39 Å². The molecule has 0 aliphatic rings. The molecule has 100 valence electrons. The van der Waals surface area contributed by atoms with Crippen molar-refractivity contribution in [3.63, 3.8) is 0 Å². The highest BCUT2D eigenvalue weighted by Crippen LogP contribution is 2.22. The predicted octanol–water partition coefficient (Wildman–Crippen LogP) is 4.34. The van der Waals surface area contributed by atoms with Gasteiger partial charge in [-0.3, -0.25) is 0 Å². The van der Waals surface area contributed by atoms with Crippen LogP contribution in [0.15, 0.2) is 36.4 Å². The Labute approximate surface area is 118 Å². The zero-order valence-electron chi connectivity index (χ0n) is 11.1. The summed E-state index contributed by atoms with van der Waals surface area (Å²) < 4.78 is 13.1. The Balaban J connectivity index is 2.20. The summed E-state index contributed by atoms with van der Waals surface area (Å²) >= 11 is 5.78. The number of halogens is 2. The minimum atomic E-state index is -0.413. The maximum atomic E-state index is 13.1. The van der Waals surface area contributed by atoms with Gasteiger partial charge in [0.25, 0.3) is 0 Å². The van der Waals surface area contributed by atoms with Gasteiger partial charge in [0.05, 0.1) is 5.02 Å². The largest absolute Gasteiger partial charge is 0.324 e. The lowest BCUT2D eigenvalue weighted by molar-refractivity contribution is 0.625. The van der Waals surface area contributed by atoms with E-state index in [1.807, 2.05) is 0 Å². The summed E-state index contributed by atoms with van der Waals surface area (Å²) in [5.74, 6) is -0.413. The number of hydrogen-bond acceptors (Lipinski definition) is 1. The highest BCUT2D eigenvalue weighted by Gasteiger charge is 2.10. The maximum absolute atomic E-state index is 13.1. The number of rotatable bonds is 3. The lowest BCUT2D eigenvalue weighted by Crippen LogP contribution is -2.13. The van der Waals surface area contributed by atoms with Crippen molar-refractivity contribution in [2.45, 2.75) is 26.3 Å². The molecule has 0 radical (unpaired) electrons. The zero-order valence-corrected chi connectivity index (χ0v) is 11.8. The number of benzene rings is 2. The van der Waals surface area contributed by atoms with Crippen molar-refractivity contribution in [2.24, 2.45) is 5.73 Å². The van der Waals surface area contributed by atoms with Gasteiger partial charge in [-0.05, 0) is 43.5 Å². The normalized spacial score (nSPS) is 12.5. The lowest BCUT2D eigenvalue weighted by Gasteiger charge is -2.14. The van der Waals surface area contributed by atoms with Crippen molar-refractivity contribution in [2.75, 3.05) is 0 Å². The van der Waals surface area contributed by atoms with E-state index in [2.05, 4.69) is 32.0 Å². The molecule has 1 unspecified atom stereocenters. The topological polar surface area (TPSA) is 26.0 Å². The first kappa shape index (κ1) is 14.0. The van der Waals surface area contributed by atoms with Crippen molar-refractivity contribution in [3.8, 4) is 0 Å². The molecule has 1 atom stereocenters. The van der Waals surface area contributed by atoms with E-state index in [1.54, 1.807) is 12.1 Å². The van der Waals surface area contributed by atoms with Crippen molar-refractivity contribution >= 4 is 11.6 Å². The first-order valence-electron chi connectivity index (χ1n) is 6.23. The van der Waals surface area contributed by atoms with Gasteiger partial charge in [-0.15, -0.1) is 0 Å². The molecule has 2 aromatic carbocycles. The molecule has 0 fully saturated rings. The Morgan fingerprint density at radius 2 is 1.74 bits per heavy atom. The van der Waals surface area contributed by atoms with Crippen LogP contribution in [0, 0.1) is 19.7 Å². The average Bonchev–Trinajstić information content (AvgIpc) is 2.31. The minimum absolute atomic E-state index is 0.119.